The Bertz CT molecular complexity index is 538. The van der Waals surface area contributed by atoms with Crippen molar-refractivity contribution >= 4 is 17.0 Å². The molecule has 1 aromatic heterocycles. The number of benzene rings is 1. The predicted octanol–water partition coefficient (Wildman–Crippen LogP) is 4.62. The molecule has 102 valence electrons. The van der Waals surface area contributed by atoms with Crippen LogP contribution in [0.2, 0.25) is 0 Å². The van der Waals surface area contributed by atoms with E-state index in [9.17, 15) is 0 Å². The summed E-state index contributed by atoms with van der Waals surface area (Å²) in [7, 11) is 0. The van der Waals surface area contributed by atoms with E-state index in [-0.39, 0.29) is 5.41 Å². The molecule has 0 amide bonds. The fraction of sp³-hybridized carbons (Fsp3) is 0.438. The summed E-state index contributed by atoms with van der Waals surface area (Å²) >= 11 is 1.74. The summed E-state index contributed by atoms with van der Waals surface area (Å²) in [6.07, 6.45) is 1.05. The van der Waals surface area contributed by atoms with E-state index in [1.165, 1.54) is 16.9 Å². The van der Waals surface area contributed by atoms with Gasteiger partial charge in [0.15, 0.2) is 0 Å². The summed E-state index contributed by atoms with van der Waals surface area (Å²) in [6.45, 7) is 9.59. The van der Waals surface area contributed by atoms with Crippen LogP contribution in [-0.4, -0.2) is 4.98 Å². The second kappa shape index (κ2) is 5.74. The lowest BCUT2D eigenvalue weighted by molar-refractivity contribution is 0.571. The van der Waals surface area contributed by atoms with Crippen LogP contribution in [0.15, 0.2) is 29.6 Å². The zero-order valence-corrected chi connectivity index (χ0v) is 13.0. The number of hydrogen-bond acceptors (Lipinski definition) is 3. The molecule has 0 saturated heterocycles. The van der Waals surface area contributed by atoms with Crippen molar-refractivity contribution in [3.05, 3.63) is 45.9 Å². The summed E-state index contributed by atoms with van der Waals surface area (Å²) < 4.78 is 0. The van der Waals surface area contributed by atoms with E-state index in [0.29, 0.717) is 0 Å². The largest absolute Gasteiger partial charge is 0.378 e. The highest BCUT2D eigenvalue weighted by Gasteiger charge is 2.17. The van der Waals surface area contributed by atoms with E-state index in [1.54, 1.807) is 11.3 Å². The van der Waals surface area contributed by atoms with Crippen LogP contribution in [0.4, 0.5) is 5.69 Å². The number of thiazole rings is 1. The third kappa shape index (κ3) is 3.57. The van der Waals surface area contributed by atoms with Gasteiger partial charge in [-0.25, -0.2) is 4.98 Å². The molecule has 1 heterocycles. The van der Waals surface area contributed by atoms with Crippen LogP contribution in [0.1, 0.15) is 44.0 Å². The lowest BCUT2D eigenvalue weighted by Gasteiger charge is -2.14. The third-order valence-corrected chi connectivity index (χ3v) is 4.00. The number of nitrogens with zero attached hydrogens (tertiary/aromatic N) is 1. The van der Waals surface area contributed by atoms with Gasteiger partial charge in [-0.3, -0.25) is 0 Å². The van der Waals surface area contributed by atoms with Gasteiger partial charge in [-0.05, 0) is 18.1 Å². The normalized spacial score (nSPS) is 11.6. The predicted molar refractivity (Wildman–Crippen MR) is 84.0 cm³/mol. The molecule has 0 saturated carbocycles. The fourth-order valence-electron chi connectivity index (χ4n) is 1.91. The number of hydrogen-bond donors (Lipinski definition) is 1. The van der Waals surface area contributed by atoms with E-state index in [2.05, 4.69) is 62.7 Å². The molecule has 2 aromatic rings. The summed E-state index contributed by atoms with van der Waals surface area (Å²) in [5.41, 5.74) is 3.89. The van der Waals surface area contributed by atoms with E-state index < -0.39 is 0 Å². The lowest BCUT2D eigenvalue weighted by atomic mass is 9.93. The van der Waals surface area contributed by atoms with Crippen LogP contribution in [0.3, 0.4) is 0 Å². The number of rotatable bonds is 4. The molecule has 0 atom stereocenters. The van der Waals surface area contributed by atoms with Crippen molar-refractivity contribution in [2.24, 2.45) is 0 Å². The molecule has 1 aromatic carbocycles. The Morgan fingerprint density at radius 3 is 2.58 bits per heavy atom. The van der Waals surface area contributed by atoms with Crippen molar-refractivity contribution in [3.63, 3.8) is 0 Å². The molecule has 0 unspecified atom stereocenters. The van der Waals surface area contributed by atoms with Gasteiger partial charge < -0.3 is 5.32 Å². The smallest absolute Gasteiger partial charge is 0.112 e. The van der Waals surface area contributed by atoms with E-state index in [0.717, 1.165) is 18.0 Å². The Morgan fingerprint density at radius 2 is 1.95 bits per heavy atom. The second-order valence-electron chi connectivity index (χ2n) is 5.74. The summed E-state index contributed by atoms with van der Waals surface area (Å²) in [4.78, 5) is 4.71. The first kappa shape index (κ1) is 14.1. The molecular formula is C16H22N2S. The first-order valence-electron chi connectivity index (χ1n) is 6.77. The van der Waals surface area contributed by atoms with E-state index in [1.807, 2.05) is 0 Å². The van der Waals surface area contributed by atoms with Gasteiger partial charge in [0.25, 0.3) is 0 Å². The average molecular weight is 274 g/mol. The second-order valence-corrected chi connectivity index (χ2v) is 6.68. The van der Waals surface area contributed by atoms with E-state index in [4.69, 9.17) is 4.98 Å². The van der Waals surface area contributed by atoms with Crippen molar-refractivity contribution in [2.45, 2.75) is 46.1 Å². The van der Waals surface area contributed by atoms with Crippen molar-refractivity contribution in [2.75, 3.05) is 5.32 Å². The number of para-hydroxylation sites is 1. The topological polar surface area (TPSA) is 24.9 Å². The average Bonchev–Trinajstić information content (AvgIpc) is 2.85. The van der Waals surface area contributed by atoms with Gasteiger partial charge in [0.1, 0.15) is 5.01 Å². The van der Waals surface area contributed by atoms with Crippen LogP contribution in [0.5, 0.6) is 0 Å². The molecule has 3 heteroatoms. The zero-order chi connectivity index (χ0) is 13.9. The van der Waals surface area contributed by atoms with Gasteiger partial charge in [0, 0.05) is 16.5 Å². The van der Waals surface area contributed by atoms with Crippen molar-refractivity contribution in [3.8, 4) is 0 Å². The minimum Gasteiger partial charge on any atom is -0.378 e. The maximum absolute atomic E-state index is 4.71. The van der Waals surface area contributed by atoms with Crippen LogP contribution >= 0.6 is 11.3 Å². The molecule has 0 aliphatic rings. The number of nitrogens with one attached hydrogen (secondary N) is 1. The third-order valence-electron chi connectivity index (χ3n) is 3.15. The molecule has 19 heavy (non-hydrogen) atoms. The standard InChI is InChI=1S/C16H22N2S/c1-5-12-8-6-7-9-13(12)17-10-15-18-14(11-19-15)16(2,3)4/h6-9,11,17H,5,10H2,1-4H3. The quantitative estimate of drug-likeness (QED) is 0.880. The lowest BCUT2D eigenvalue weighted by Crippen LogP contribution is -2.12. The maximum Gasteiger partial charge on any atom is 0.112 e. The van der Waals surface area contributed by atoms with Gasteiger partial charge >= 0.3 is 0 Å². The number of anilines is 1. The molecular weight excluding hydrogens is 252 g/mol. The van der Waals surface area contributed by atoms with Crippen LogP contribution in [0.25, 0.3) is 0 Å². The number of aryl methyl sites for hydroxylation is 1. The van der Waals surface area contributed by atoms with Gasteiger partial charge in [-0.15, -0.1) is 11.3 Å². The van der Waals surface area contributed by atoms with Crippen molar-refractivity contribution in [1.82, 2.24) is 4.98 Å². The van der Waals surface area contributed by atoms with Crippen molar-refractivity contribution in [1.29, 1.82) is 0 Å². The molecule has 0 fully saturated rings. The first-order chi connectivity index (χ1) is 9.00. The Kier molecular flexibility index (Phi) is 4.25. The SMILES string of the molecule is CCc1ccccc1NCc1nc(C(C)(C)C)cs1. The van der Waals surface area contributed by atoms with Gasteiger partial charge in [0.2, 0.25) is 0 Å². The summed E-state index contributed by atoms with van der Waals surface area (Å²) in [5, 5.41) is 6.81. The van der Waals surface area contributed by atoms with Crippen LogP contribution in [0, 0.1) is 0 Å². The highest BCUT2D eigenvalue weighted by Crippen LogP contribution is 2.24. The molecule has 0 spiro atoms. The minimum atomic E-state index is 0.135. The molecule has 0 radical (unpaired) electrons. The molecule has 2 nitrogen and oxygen atoms in total. The molecule has 0 aliphatic heterocycles. The van der Waals surface area contributed by atoms with Crippen LogP contribution < -0.4 is 5.32 Å². The summed E-state index contributed by atoms with van der Waals surface area (Å²) in [6, 6.07) is 8.47. The van der Waals surface area contributed by atoms with Gasteiger partial charge in [-0.1, -0.05) is 45.9 Å². The van der Waals surface area contributed by atoms with Crippen LogP contribution in [-0.2, 0) is 18.4 Å². The highest BCUT2D eigenvalue weighted by molar-refractivity contribution is 7.09. The van der Waals surface area contributed by atoms with E-state index >= 15 is 0 Å². The fourth-order valence-corrected chi connectivity index (χ4v) is 2.87. The molecule has 2 rings (SSSR count). The van der Waals surface area contributed by atoms with Crippen molar-refractivity contribution < 1.29 is 0 Å². The Hall–Kier alpha value is -1.35. The van der Waals surface area contributed by atoms with Gasteiger partial charge in [-0.2, -0.15) is 0 Å². The number of aromatic nitrogens is 1. The van der Waals surface area contributed by atoms with Gasteiger partial charge in [0.05, 0.1) is 12.2 Å². The zero-order valence-electron chi connectivity index (χ0n) is 12.2. The Labute approximate surface area is 119 Å². The monoisotopic (exact) mass is 274 g/mol. The molecule has 1 N–H and O–H groups in total. The highest BCUT2D eigenvalue weighted by atomic mass is 32.1. The maximum atomic E-state index is 4.71. The molecule has 0 aliphatic carbocycles. The Balaban J connectivity index is 2.05. The Morgan fingerprint density at radius 1 is 1.21 bits per heavy atom. The minimum absolute atomic E-state index is 0.135. The first-order valence-corrected chi connectivity index (χ1v) is 7.65. The summed E-state index contributed by atoms with van der Waals surface area (Å²) in [5.74, 6) is 0. The molecule has 0 bridgehead atoms.